The van der Waals surface area contributed by atoms with Gasteiger partial charge in [-0.05, 0) is 43.5 Å². The number of carbonyl (C=O) groups excluding carboxylic acids is 2. The van der Waals surface area contributed by atoms with Gasteiger partial charge < -0.3 is 19.9 Å². The van der Waals surface area contributed by atoms with E-state index in [0.717, 1.165) is 18.2 Å². The van der Waals surface area contributed by atoms with Crippen LogP contribution in [0, 0.1) is 5.92 Å². The van der Waals surface area contributed by atoms with Crippen molar-refractivity contribution in [2.75, 3.05) is 57.4 Å². The summed E-state index contributed by atoms with van der Waals surface area (Å²) in [4.78, 5) is 31.9. The highest BCUT2D eigenvalue weighted by Gasteiger charge is 2.43. The molecule has 0 radical (unpaired) electrons. The zero-order valence-corrected chi connectivity index (χ0v) is 19.7. The topological polar surface area (TPSA) is 65.1 Å². The van der Waals surface area contributed by atoms with Crippen LogP contribution in [0.25, 0.3) is 0 Å². The summed E-state index contributed by atoms with van der Waals surface area (Å²) < 4.78 is 45.4. The van der Waals surface area contributed by atoms with Crippen molar-refractivity contribution >= 4 is 17.5 Å². The van der Waals surface area contributed by atoms with Gasteiger partial charge in [-0.1, -0.05) is 6.92 Å². The van der Waals surface area contributed by atoms with Crippen molar-refractivity contribution in [1.82, 2.24) is 15.1 Å². The number of hydrogen-bond acceptors (Lipinski definition) is 5. The third kappa shape index (κ3) is 5.33. The van der Waals surface area contributed by atoms with E-state index in [-0.39, 0.29) is 36.9 Å². The van der Waals surface area contributed by atoms with Crippen molar-refractivity contribution in [2.24, 2.45) is 5.92 Å². The summed E-state index contributed by atoms with van der Waals surface area (Å²) in [5, 5.41) is 3.02. The minimum absolute atomic E-state index is 0.0218. The van der Waals surface area contributed by atoms with Crippen molar-refractivity contribution in [3.05, 3.63) is 29.3 Å². The zero-order chi connectivity index (χ0) is 24.5. The van der Waals surface area contributed by atoms with E-state index < -0.39 is 17.7 Å². The van der Waals surface area contributed by atoms with Crippen LogP contribution in [-0.4, -0.2) is 86.2 Å². The van der Waals surface area contributed by atoms with Crippen molar-refractivity contribution < 1.29 is 27.5 Å². The van der Waals surface area contributed by atoms with Gasteiger partial charge in [0.2, 0.25) is 11.8 Å². The molecule has 34 heavy (non-hydrogen) atoms. The Morgan fingerprint density at radius 2 is 1.91 bits per heavy atom. The van der Waals surface area contributed by atoms with Gasteiger partial charge in [-0.25, -0.2) is 0 Å². The quantitative estimate of drug-likeness (QED) is 0.697. The van der Waals surface area contributed by atoms with Crippen LogP contribution in [0.3, 0.4) is 0 Å². The summed E-state index contributed by atoms with van der Waals surface area (Å²) in [7, 11) is 0. The molecule has 3 aliphatic rings. The fraction of sp³-hybridized carbons (Fsp3) is 0.667. The van der Waals surface area contributed by atoms with Gasteiger partial charge in [0.1, 0.15) is 0 Å². The number of fused-ring (bicyclic) bond motifs is 3. The number of anilines is 1. The molecule has 2 saturated heterocycles. The third-order valence-corrected chi connectivity index (χ3v) is 7.18. The highest BCUT2D eigenvalue weighted by molar-refractivity contribution is 5.82. The molecule has 0 aromatic heterocycles. The van der Waals surface area contributed by atoms with E-state index in [1.807, 2.05) is 13.8 Å². The van der Waals surface area contributed by atoms with Gasteiger partial charge in [-0.2, -0.15) is 13.2 Å². The van der Waals surface area contributed by atoms with E-state index in [0.29, 0.717) is 51.5 Å². The number of ether oxygens (including phenoxy) is 1. The molecule has 3 heterocycles. The van der Waals surface area contributed by atoms with Crippen LogP contribution in [0.15, 0.2) is 18.2 Å². The number of morpholine rings is 1. The molecule has 1 aromatic carbocycles. The maximum Gasteiger partial charge on any atom is 0.416 e. The first-order valence-corrected chi connectivity index (χ1v) is 12.0. The van der Waals surface area contributed by atoms with Gasteiger partial charge >= 0.3 is 6.18 Å². The second-order valence-electron chi connectivity index (χ2n) is 9.46. The number of piperazine rings is 1. The van der Waals surface area contributed by atoms with Crippen LogP contribution < -0.4 is 10.2 Å². The molecule has 2 amide bonds. The summed E-state index contributed by atoms with van der Waals surface area (Å²) in [6, 6.07) is 3.60. The summed E-state index contributed by atoms with van der Waals surface area (Å²) in [6.45, 7) is 8.06. The van der Waals surface area contributed by atoms with E-state index in [1.54, 1.807) is 4.90 Å². The molecule has 3 unspecified atom stereocenters. The average Bonchev–Trinajstić information content (AvgIpc) is 2.82. The molecule has 7 nitrogen and oxygen atoms in total. The summed E-state index contributed by atoms with van der Waals surface area (Å²) >= 11 is 0. The zero-order valence-electron chi connectivity index (χ0n) is 19.7. The standard InChI is InChI=1S/C24H33F3N4O3/c1-3-16(2)28-23(33)19-13-17-12-18(24(25,26)27)4-5-20(17)31-7-6-29(14-21(19)31)15-22(32)30-8-10-34-11-9-30/h4-5,12,16,19,21H,3,6-11,13-15H2,1-2H3,(H,28,33). The Hall–Kier alpha value is -2.33. The van der Waals surface area contributed by atoms with Gasteiger partial charge in [-0.3, -0.25) is 14.5 Å². The molecule has 3 atom stereocenters. The SMILES string of the molecule is CCC(C)NC(=O)C1Cc2cc(C(F)(F)F)ccc2N2CCN(CC(=O)N3CCOCC3)CC12. The van der Waals surface area contributed by atoms with Gasteiger partial charge in [0.15, 0.2) is 0 Å². The Balaban J connectivity index is 1.56. The molecular weight excluding hydrogens is 449 g/mol. The number of halogens is 3. The van der Waals surface area contributed by atoms with Crippen LogP contribution in [0.2, 0.25) is 0 Å². The van der Waals surface area contributed by atoms with E-state index in [2.05, 4.69) is 15.1 Å². The molecule has 2 fully saturated rings. The number of benzene rings is 1. The van der Waals surface area contributed by atoms with Crippen molar-refractivity contribution in [1.29, 1.82) is 0 Å². The van der Waals surface area contributed by atoms with Crippen LogP contribution in [0.1, 0.15) is 31.4 Å². The molecule has 3 aliphatic heterocycles. The monoisotopic (exact) mass is 482 g/mol. The first-order valence-electron chi connectivity index (χ1n) is 12.0. The predicted molar refractivity (Wildman–Crippen MR) is 122 cm³/mol. The lowest BCUT2D eigenvalue weighted by atomic mass is 9.82. The first-order chi connectivity index (χ1) is 16.2. The molecule has 1 N–H and O–H groups in total. The van der Waals surface area contributed by atoms with E-state index >= 15 is 0 Å². The summed E-state index contributed by atoms with van der Waals surface area (Å²) in [5.74, 6) is -0.594. The second-order valence-corrected chi connectivity index (χ2v) is 9.46. The number of rotatable bonds is 5. The number of nitrogens with zero attached hydrogens (tertiary/aromatic N) is 3. The second kappa shape index (κ2) is 10.1. The number of nitrogens with one attached hydrogen (secondary N) is 1. The highest BCUT2D eigenvalue weighted by Crippen LogP contribution is 2.39. The van der Waals surface area contributed by atoms with E-state index in [1.165, 1.54) is 12.1 Å². The maximum absolute atomic E-state index is 13.3. The maximum atomic E-state index is 13.3. The Labute approximate surface area is 198 Å². The van der Waals surface area contributed by atoms with E-state index in [9.17, 15) is 22.8 Å². The molecule has 0 spiro atoms. The van der Waals surface area contributed by atoms with Gasteiger partial charge in [0.05, 0.1) is 37.3 Å². The van der Waals surface area contributed by atoms with Crippen molar-refractivity contribution in [2.45, 2.75) is 44.9 Å². The van der Waals surface area contributed by atoms with Gasteiger partial charge in [-0.15, -0.1) is 0 Å². The predicted octanol–water partition coefficient (Wildman–Crippen LogP) is 2.14. The molecule has 188 valence electrons. The summed E-state index contributed by atoms with van der Waals surface area (Å²) in [6.07, 6.45) is -3.42. The lowest BCUT2D eigenvalue weighted by Gasteiger charge is -2.49. The summed E-state index contributed by atoms with van der Waals surface area (Å²) in [5.41, 5.74) is 0.610. The largest absolute Gasteiger partial charge is 0.416 e. The van der Waals surface area contributed by atoms with Crippen molar-refractivity contribution in [3.63, 3.8) is 0 Å². The lowest BCUT2D eigenvalue weighted by Crippen LogP contribution is -2.62. The normalized spacial score (nSPS) is 24.3. The minimum Gasteiger partial charge on any atom is -0.378 e. The molecule has 0 aliphatic carbocycles. The number of carbonyl (C=O) groups is 2. The highest BCUT2D eigenvalue weighted by atomic mass is 19.4. The van der Waals surface area contributed by atoms with Crippen LogP contribution >= 0.6 is 0 Å². The Morgan fingerprint density at radius 3 is 2.59 bits per heavy atom. The van der Waals surface area contributed by atoms with Gasteiger partial charge in [0, 0.05) is 44.5 Å². The van der Waals surface area contributed by atoms with Gasteiger partial charge in [0.25, 0.3) is 0 Å². The average molecular weight is 483 g/mol. The fourth-order valence-corrected chi connectivity index (χ4v) is 5.06. The fourth-order valence-electron chi connectivity index (χ4n) is 5.06. The Bertz CT molecular complexity index is 904. The molecule has 0 saturated carbocycles. The third-order valence-electron chi connectivity index (χ3n) is 7.18. The molecule has 0 bridgehead atoms. The van der Waals surface area contributed by atoms with Crippen LogP contribution in [-0.2, 0) is 26.9 Å². The number of alkyl halides is 3. The van der Waals surface area contributed by atoms with E-state index in [4.69, 9.17) is 4.74 Å². The van der Waals surface area contributed by atoms with Crippen molar-refractivity contribution in [3.8, 4) is 0 Å². The Kier molecular flexibility index (Phi) is 7.37. The molecular formula is C24H33F3N4O3. The Morgan fingerprint density at radius 1 is 1.18 bits per heavy atom. The van der Waals surface area contributed by atoms with Crippen LogP contribution in [0.4, 0.5) is 18.9 Å². The molecule has 4 rings (SSSR count). The lowest BCUT2D eigenvalue weighted by molar-refractivity contribution is -0.138. The molecule has 1 aromatic rings. The minimum atomic E-state index is -4.43. The first kappa shape index (κ1) is 24.8. The smallest absolute Gasteiger partial charge is 0.378 e. The molecule has 10 heteroatoms. The number of hydrogen-bond donors (Lipinski definition) is 1. The number of amides is 2. The van der Waals surface area contributed by atoms with Crippen LogP contribution in [0.5, 0.6) is 0 Å².